The molecule has 7 heteroatoms. The van der Waals surface area contributed by atoms with Crippen LogP contribution in [0.5, 0.6) is 0 Å². The molecule has 2 atom stereocenters. The predicted molar refractivity (Wildman–Crippen MR) is 145 cm³/mol. The van der Waals surface area contributed by atoms with Gasteiger partial charge in [0.2, 0.25) is 5.91 Å². The van der Waals surface area contributed by atoms with Crippen LogP contribution in [0, 0.1) is 0 Å². The Hall–Kier alpha value is -3.58. The topological polar surface area (TPSA) is 78.5 Å². The Labute approximate surface area is 216 Å². The van der Waals surface area contributed by atoms with E-state index in [-0.39, 0.29) is 29.1 Å². The second-order valence-corrected chi connectivity index (χ2v) is 9.96. The quantitative estimate of drug-likeness (QED) is 0.418. The van der Waals surface area contributed by atoms with Gasteiger partial charge in [0.05, 0.1) is 17.0 Å². The van der Waals surface area contributed by atoms with Gasteiger partial charge in [0.1, 0.15) is 5.37 Å². The van der Waals surface area contributed by atoms with Crippen LogP contribution in [0.25, 0.3) is 0 Å². The largest absolute Gasteiger partial charge is 0.350 e. The lowest BCUT2D eigenvalue weighted by atomic mass is 10.1. The average Bonchev–Trinajstić information content (AvgIpc) is 3.28. The first-order valence-corrected chi connectivity index (χ1v) is 13.3. The molecule has 1 saturated heterocycles. The molecular weight excluding hydrogens is 470 g/mol. The summed E-state index contributed by atoms with van der Waals surface area (Å²) in [6.07, 6.45) is 1.62. The smallest absolute Gasteiger partial charge is 0.255 e. The molecule has 3 aromatic carbocycles. The van der Waals surface area contributed by atoms with Crippen molar-refractivity contribution in [3.05, 3.63) is 101 Å². The van der Waals surface area contributed by atoms with Gasteiger partial charge < -0.3 is 15.5 Å². The van der Waals surface area contributed by atoms with Crippen molar-refractivity contribution in [2.75, 3.05) is 17.6 Å². The molecule has 4 rings (SSSR count). The van der Waals surface area contributed by atoms with Crippen LogP contribution in [-0.4, -0.2) is 41.0 Å². The van der Waals surface area contributed by atoms with Crippen molar-refractivity contribution in [1.82, 2.24) is 10.2 Å². The maximum Gasteiger partial charge on any atom is 0.255 e. The van der Waals surface area contributed by atoms with E-state index in [2.05, 4.69) is 22.8 Å². The minimum absolute atomic E-state index is 0.0430. The molecule has 0 radical (unpaired) electrons. The van der Waals surface area contributed by atoms with Crippen LogP contribution in [0.1, 0.15) is 57.5 Å². The first-order valence-electron chi connectivity index (χ1n) is 12.2. The van der Waals surface area contributed by atoms with Gasteiger partial charge in [-0.3, -0.25) is 14.4 Å². The van der Waals surface area contributed by atoms with Gasteiger partial charge in [-0.05, 0) is 55.2 Å². The minimum Gasteiger partial charge on any atom is -0.350 e. The summed E-state index contributed by atoms with van der Waals surface area (Å²) in [4.78, 5) is 40.1. The second-order valence-electron chi connectivity index (χ2n) is 8.89. The number of thioether (sulfide) groups is 1. The van der Waals surface area contributed by atoms with Crippen molar-refractivity contribution in [3.8, 4) is 0 Å². The molecule has 1 aliphatic heterocycles. The van der Waals surface area contributed by atoms with Crippen molar-refractivity contribution >= 4 is 35.2 Å². The highest BCUT2D eigenvalue weighted by atomic mass is 32.2. The number of nitrogens with one attached hydrogen (secondary N) is 2. The molecule has 186 valence electrons. The zero-order chi connectivity index (χ0) is 25.5. The third kappa shape index (κ3) is 6.15. The molecule has 3 amide bonds. The van der Waals surface area contributed by atoms with E-state index in [4.69, 9.17) is 0 Å². The minimum atomic E-state index is -0.290. The lowest BCUT2D eigenvalue weighted by molar-refractivity contribution is -0.128. The van der Waals surface area contributed by atoms with E-state index in [9.17, 15) is 14.4 Å². The highest BCUT2D eigenvalue weighted by Gasteiger charge is 2.32. The summed E-state index contributed by atoms with van der Waals surface area (Å²) >= 11 is 1.61. The van der Waals surface area contributed by atoms with E-state index in [1.807, 2.05) is 49.1 Å². The number of carbonyl (C=O) groups excluding carboxylic acids is 3. The van der Waals surface area contributed by atoms with Crippen LogP contribution < -0.4 is 10.6 Å². The summed E-state index contributed by atoms with van der Waals surface area (Å²) < 4.78 is 0. The predicted octanol–water partition coefficient (Wildman–Crippen LogP) is 5.28. The summed E-state index contributed by atoms with van der Waals surface area (Å²) in [6, 6.07) is 24.5. The Kier molecular flexibility index (Phi) is 8.44. The summed E-state index contributed by atoms with van der Waals surface area (Å²) in [5.74, 6) is 0.0857. The van der Waals surface area contributed by atoms with Crippen molar-refractivity contribution in [1.29, 1.82) is 0 Å². The van der Waals surface area contributed by atoms with Gasteiger partial charge in [-0.1, -0.05) is 61.5 Å². The number of hydrogen-bond donors (Lipinski definition) is 2. The van der Waals surface area contributed by atoms with Crippen molar-refractivity contribution in [2.24, 2.45) is 0 Å². The summed E-state index contributed by atoms with van der Waals surface area (Å²) in [6.45, 7) is 4.60. The first-order chi connectivity index (χ1) is 17.5. The van der Waals surface area contributed by atoms with Gasteiger partial charge >= 0.3 is 0 Å². The van der Waals surface area contributed by atoms with E-state index in [0.29, 0.717) is 29.1 Å². The molecule has 0 spiro atoms. The fourth-order valence-electron chi connectivity index (χ4n) is 4.05. The van der Waals surface area contributed by atoms with Crippen molar-refractivity contribution < 1.29 is 14.4 Å². The van der Waals surface area contributed by atoms with Crippen LogP contribution in [-0.2, 0) is 11.2 Å². The number of nitrogens with zero attached hydrogens (tertiary/aromatic N) is 1. The molecule has 2 N–H and O–H groups in total. The third-order valence-electron chi connectivity index (χ3n) is 6.32. The molecule has 6 nitrogen and oxygen atoms in total. The van der Waals surface area contributed by atoms with Gasteiger partial charge in [-0.25, -0.2) is 0 Å². The van der Waals surface area contributed by atoms with E-state index < -0.39 is 0 Å². The van der Waals surface area contributed by atoms with E-state index in [0.717, 1.165) is 18.4 Å². The van der Waals surface area contributed by atoms with Crippen molar-refractivity contribution in [3.63, 3.8) is 0 Å². The molecule has 1 aliphatic rings. The molecule has 0 aromatic heterocycles. The number of hydrogen-bond acceptors (Lipinski definition) is 4. The van der Waals surface area contributed by atoms with Gasteiger partial charge in [0.15, 0.2) is 0 Å². The molecule has 3 aromatic rings. The Morgan fingerprint density at radius 1 is 0.972 bits per heavy atom. The molecule has 0 unspecified atom stereocenters. The fourth-order valence-corrected chi connectivity index (χ4v) is 5.27. The number of amides is 3. The normalized spacial score (nSPS) is 16.0. The maximum atomic E-state index is 13.0. The molecule has 1 fully saturated rings. The van der Waals surface area contributed by atoms with E-state index in [1.54, 1.807) is 48.2 Å². The maximum absolute atomic E-state index is 13.0. The van der Waals surface area contributed by atoms with Gasteiger partial charge in [0, 0.05) is 18.2 Å². The SMILES string of the molecule is CC[C@@H](C)NC(=O)c1ccccc1NC(=O)c1ccc([C@H]2SCC(=O)N2CCc2ccccc2)cc1. The molecule has 36 heavy (non-hydrogen) atoms. The molecule has 0 saturated carbocycles. The zero-order valence-corrected chi connectivity index (χ0v) is 21.4. The highest BCUT2D eigenvalue weighted by molar-refractivity contribution is 8.00. The Morgan fingerprint density at radius 2 is 1.67 bits per heavy atom. The number of rotatable bonds is 9. The van der Waals surface area contributed by atoms with E-state index in [1.165, 1.54) is 5.56 Å². The highest BCUT2D eigenvalue weighted by Crippen LogP contribution is 2.38. The summed E-state index contributed by atoms with van der Waals surface area (Å²) in [7, 11) is 0. The fraction of sp³-hybridized carbons (Fsp3) is 0.276. The lowest BCUT2D eigenvalue weighted by Gasteiger charge is -2.24. The molecule has 1 heterocycles. The van der Waals surface area contributed by atoms with Crippen LogP contribution in [0.15, 0.2) is 78.9 Å². The van der Waals surface area contributed by atoms with Crippen LogP contribution in [0.3, 0.4) is 0 Å². The molecule has 0 bridgehead atoms. The van der Waals surface area contributed by atoms with Gasteiger partial charge in [-0.15, -0.1) is 11.8 Å². The van der Waals surface area contributed by atoms with Crippen LogP contribution >= 0.6 is 11.8 Å². The molecule has 0 aliphatic carbocycles. The number of benzene rings is 3. The van der Waals surface area contributed by atoms with Gasteiger partial charge in [0.25, 0.3) is 11.8 Å². The monoisotopic (exact) mass is 501 g/mol. The molecular formula is C29H31N3O3S. The standard InChI is InChI=1S/C29H31N3O3S/c1-3-20(2)30-28(35)24-11-7-8-12-25(24)31-27(34)22-13-15-23(16-14-22)29-32(26(33)19-36-29)18-17-21-9-5-4-6-10-21/h4-16,20,29H,3,17-19H2,1-2H3,(H,30,35)(H,31,34)/t20-,29-/m1/s1. The lowest BCUT2D eigenvalue weighted by Crippen LogP contribution is -2.32. The average molecular weight is 502 g/mol. The van der Waals surface area contributed by atoms with Crippen LogP contribution in [0.4, 0.5) is 5.69 Å². The number of anilines is 1. The zero-order valence-electron chi connectivity index (χ0n) is 20.6. The summed E-state index contributed by atoms with van der Waals surface area (Å²) in [5, 5.41) is 5.75. The number of carbonyl (C=O) groups is 3. The Morgan fingerprint density at radius 3 is 2.39 bits per heavy atom. The third-order valence-corrected chi connectivity index (χ3v) is 7.58. The summed E-state index contributed by atoms with van der Waals surface area (Å²) in [5.41, 5.74) is 3.57. The second kappa shape index (κ2) is 11.9. The number of para-hydroxylation sites is 1. The van der Waals surface area contributed by atoms with Gasteiger partial charge in [-0.2, -0.15) is 0 Å². The van der Waals surface area contributed by atoms with Crippen LogP contribution in [0.2, 0.25) is 0 Å². The first kappa shape index (κ1) is 25.5. The van der Waals surface area contributed by atoms with Crippen molar-refractivity contribution in [2.45, 2.75) is 38.1 Å². The Balaban J connectivity index is 1.43. The van der Waals surface area contributed by atoms with E-state index >= 15 is 0 Å². The Bertz CT molecular complexity index is 1210.